The number of hydrogen-bond acceptors (Lipinski definition) is 1. The Morgan fingerprint density at radius 3 is 1.89 bits per heavy atom. The Hall–Kier alpha value is -0.445. The van der Waals surface area contributed by atoms with E-state index in [4.69, 9.17) is 5.26 Å². The lowest BCUT2D eigenvalue weighted by atomic mass is 9.71. The van der Waals surface area contributed by atoms with E-state index in [0.29, 0.717) is 11.7 Å². The Morgan fingerprint density at radius 1 is 1.33 bits per heavy atom. The van der Waals surface area contributed by atoms with Crippen LogP contribution in [0.2, 0.25) is 5.82 Å². The van der Waals surface area contributed by atoms with E-state index in [1.807, 2.05) is 6.92 Å². The van der Waals surface area contributed by atoms with Crippen LogP contribution >= 0.6 is 0 Å². The maximum Gasteiger partial charge on any atom is 0.107 e. The zero-order chi connectivity index (χ0) is 7.44. The SMILES string of the molecule is BC(C(C)C)C(C)C#N. The van der Waals surface area contributed by atoms with Crippen LogP contribution in [-0.2, 0) is 0 Å². The first kappa shape index (κ1) is 8.55. The predicted octanol–water partition coefficient (Wildman–Crippen LogP) is 1.22. The molecule has 0 spiro atoms. The molecular weight excluding hydrogens is 109 g/mol. The van der Waals surface area contributed by atoms with Gasteiger partial charge in [-0.2, -0.15) is 5.26 Å². The van der Waals surface area contributed by atoms with Crippen LogP contribution in [0, 0.1) is 23.2 Å². The van der Waals surface area contributed by atoms with E-state index < -0.39 is 0 Å². The minimum atomic E-state index is 0.199. The first-order valence-corrected chi connectivity index (χ1v) is 3.49. The molecule has 0 bridgehead atoms. The minimum Gasteiger partial charge on any atom is -0.198 e. The summed E-state index contributed by atoms with van der Waals surface area (Å²) in [4.78, 5) is 0. The molecule has 0 rings (SSSR count). The lowest BCUT2D eigenvalue weighted by Gasteiger charge is -2.16. The zero-order valence-corrected chi connectivity index (χ0v) is 6.68. The van der Waals surface area contributed by atoms with Crippen molar-refractivity contribution in [2.75, 3.05) is 0 Å². The maximum absolute atomic E-state index is 8.50. The van der Waals surface area contributed by atoms with Gasteiger partial charge in [0.05, 0.1) is 6.07 Å². The molecule has 0 fully saturated rings. The van der Waals surface area contributed by atoms with Crippen LogP contribution in [0.4, 0.5) is 0 Å². The molecule has 0 aliphatic carbocycles. The Balaban J connectivity index is 3.76. The average molecular weight is 123 g/mol. The highest BCUT2D eigenvalue weighted by atomic mass is 14.3. The van der Waals surface area contributed by atoms with Crippen molar-refractivity contribution in [2.45, 2.75) is 26.6 Å². The summed E-state index contributed by atoms with van der Waals surface area (Å²) >= 11 is 0. The highest BCUT2D eigenvalue weighted by Crippen LogP contribution is 2.21. The molecule has 9 heavy (non-hydrogen) atoms. The number of hydrogen-bond donors (Lipinski definition) is 0. The van der Waals surface area contributed by atoms with E-state index in [1.165, 1.54) is 0 Å². The van der Waals surface area contributed by atoms with Crippen molar-refractivity contribution in [1.29, 1.82) is 5.26 Å². The van der Waals surface area contributed by atoms with Crippen molar-refractivity contribution in [2.24, 2.45) is 11.8 Å². The zero-order valence-electron chi connectivity index (χ0n) is 6.68. The van der Waals surface area contributed by atoms with Crippen LogP contribution in [0.1, 0.15) is 20.8 Å². The fraction of sp³-hybridized carbons (Fsp3) is 0.857. The number of nitriles is 1. The van der Waals surface area contributed by atoms with Crippen LogP contribution in [0.3, 0.4) is 0 Å². The van der Waals surface area contributed by atoms with Crippen LogP contribution < -0.4 is 0 Å². The molecule has 50 valence electrons. The van der Waals surface area contributed by atoms with Gasteiger partial charge in [-0.1, -0.05) is 25.6 Å². The van der Waals surface area contributed by atoms with Gasteiger partial charge in [-0.05, 0) is 6.92 Å². The van der Waals surface area contributed by atoms with Crippen molar-refractivity contribution < 1.29 is 0 Å². The fourth-order valence-corrected chi connectivity index (χ4v) is 0.695. The summed E-state index contributed by atoms with van der Waals surface area (Å²) in [5.74, 6) is 1.35. The van der Waals surface area contributed by atoms with E-state index in [1.54, 1.807) is 0 Å². The van der Waals surface area contributed by atoms with E-state index >= 15 is 0 Å². The second kappa shape index (κ2) is 3.56. The number of nitrogens with zero attached hydrogens (tertiary/aromatic N) is 1. The molecule has 2 heteroatoms. The molecule has 2 unspecified atom stereocenters. The second-order valence-corrected chi connectivity index (χ2v) is 3.02. The maximum atomic E-state index is 8.50. The largest absolute Gasteiger partial charge is 0.198 e. The summed E-state index contributed by atoms with van der Waals surface area (Å²) in [6.07, 6.45) is 0. The molecule has 1 nitrogen and oxygen atoms in total. The lowest BCUT2D eigenvalue weighted by molar-refractivity contribution is 0.510. The van der Waals surface area contributed by atoms with Crippen molar-refractivity contribution >= 4 is 7.85 Å². The summed E-state index contributed by atoms with van der Waals surface area (Å²) < 4.78 is 0. The van der Waals surface area contributed by atoms with Gasteiger partial charge in [0.1, 0.15) is 7.85 Å². The monoisotopic (exact) mass is 123 g/mol. The molecular formula is C7H14BN. The van der Waals surface area contributed by atoms with E-state index in [2.05, 4.69) is 27.8 Å². The van der Waals surface area contributed by atoms with E-state index in [0.717, 1.165) is 0 Å². The molecule has 0 saturated carbocycles. The van der Waals surface area contributed by atoms with Crippen LogP contribution in [0.15, 0.2) is 0 Å². The first-order chi connectivity index (χ1) is 4.09. The van der Waals surface area contributed by atoms with Gasteiger partial charge in [-0.15, -0.1) is 0 Å². The fourth-order valence-electron chi connectivity index (χ4n) is 0.695. The number of rotatable bonds is 2. The van der Waals surface area contributed by atoms with Gasteiger partial charge in [0, 0.05) is 5.92 Å². The third kappa shape index (κ3) is 2.55. The summed E-state index contributed by atoms with van der Waals surface area (Å²) in [6.45, 7) is 6.28. The molecule has 0 heterocycles. The van der Waals surface area contributed by atoms with Gasteiger partial charge in [0.2, 0.25) is 0 Å². The molecule has 0 aliphatic rings. The summed E-state index contributed by atoms with van der Waals surface area (Å²) in [7, 11) is 2.12. The standard InChI is InChI=1S/C7H14BN/c1-5(2)7(8)6(3)4-9/h5-7H,8H2,1-3H3. The van der Waals surface area contributed by atoms with Crippen molar-refractivity contribution in [3.8, 4) is 6.07 Å². The predicted molar refractivity (Wildman–Crippen MR) is 41.9 cm³/mol. The van der Waals surface area contributed by atoms with Crippen molar-refractivity contribution in [3.63, 3.8) is 0 Å². The quantitative estimate of drug-likeness (QED) is 0.506. The van der Waals surface area contributed by atoms with E-state index in [-0.39, 0.29) is 5.92 Å². The normalized spacial score (nSPS) is 16.8. The second-order valence-electron chi connectivity index (χ2n) is 3.02. The van der Waals surface area contributed by atoms with Crippen LogP contribution in [0.25, 0.3) is 0 Å². The molecule has 0 aromatic rings. The summed E-state index contributed by atoms with van der Waals surface area (Å²) in [5.41, 5.74) is 0. The highest BCUT2D eigenvalue weighted by molar-refractivity contribution is 6.12. The molecule has 0 amide bonds. The molecule has 0 aliphatic heterocycles. The van der Waals surface area contributed by atoms with E-state index in [9.17, 15) is 0 Å². The van der Waals surface area contributed by atoms with Gasteiger partial charge in [0.25, 0.3) is 0 Å². The Morgan fingerprint density at radius 2 is 1.78 bits per heavy atom. The van der Waals surface area contributed by atoms with Crippen LogP contribution in [0.5, 0.6) is 0 Å². The minimum absolute atomic E-state index is 0.199. The van der Waals surface area contributed by atoms with Gasteiger partial charge in [-0.25, -0.2) is 0 Å². The van der Waals surface area contributed by atoms with Gasteiger partial charge >= 0.3 is 0 Å². The Labute approximate surface area is 58.5 Å². The third-order valence-electron chi connectivity index (χ3n) is 2.04. The topological polar surface area (TPSA) is 23.8 Å². The summed E-state index contributed by atoms with van der Waals surface area (Å²) in [5, 5.41) is 8.50. The molecule has 0 N–H and O–H groups in total. The lowest BCUT2D eigenvalue weighted by Crippen LogP contribution is -2.09. The molecule has 0 aromatic carbocycles. The van der Waals surface area contributed by atoms with Crippen LogP contribution in [-0.4, -0.2) is 7.85 Å². The Kier molecular flexibility index (Phi) is 3.38. The molecule has 0 aromatic heterocycles. The molecule has 0 saturated heterocycles. The summed E-state index contributed by atoms with van der Waals surface area (Å²) in [6, 6.07) is 2.25. The molecule has 2 atom stereocenters. The molecule has 0 radical (unpaired) electrons. The van der Waals surface area contributed by atoms with Gasteiger partial charge < -0.3 is 0 Å². The average Bonchev–Trinajstić information content (AvgIpc) is 1.84. The van der Waals surface area contributed by atoms with Crippen molar-refractivity contribution in [3.05, 3.63) is 0 Å². The van der Waals surface area contributed by atoms with Gasteiger partial charge in [0.15, 0.2) is 0 Å². The third-order valence-corrected chi connectivity index (χ3v) is 2.04. The highest BCUT2D eigenvalue weighted by Gasteiger charge is 2.13. The smallest absolute Gasteiger partial charge is 0.107 e. The Bertz CT molecular complexity index is 115. The van der Waals surface area contributed by atoms with Crippen molar-refractivity contribution in [1.82, 2.24) is 0 Å². The first-order valence-electron chi connectivity index (χ1n) is 3.49. The van der Waals surface area contributed by atoms with Gasteiger partial charge in [-0.3, -0.25) is 0 Å².